The highest BCUT2D eigenvalue weighted by molar-refractivity contribution is 6.46. The maximum Gasteiger partial charge on any atom is 0.295 e. The van der Waals surface area contributed by atoms with E-state index in [1.165, 1.54) is 4.90 Å². The summed E-state index contributed by atoms with van der Waals surface area (Å²) in [6.07, 6.45) is 4.92. The van der Waals surface area contributed by atoms with Crippen molar-refractivity contribution in [2.45, 2.75) is 19.5 Å². The van der Waals surface area contributed by atoms with Crippen molar-refractivity contribution in [2.75, 3.05) is 13.2 Å². The average Bonchev–Trinajstić information content (AvgIpc) is 3.13. The second kappa shape index (κ2) is 10.7. The standard InChI is InChI=1S/C28H26N2O5/c1-3-15-35-22-13-12-21(16-23(22)34-4-2)25-24(26(31)20-10-6-5-7-11-20)27(32)28(33)30(25)18-19-9-8-14-29-17-19/h3,5-14,16-17,25,31H,1,4,15,18H2,2H3. The summed E-state index contributed by atoms with van der Waals surface area (Å²) < 4.78 is 11.5. The second-order valence-corrected chi connectivity index (χ2v) is 7.89. The van der Waals surface area contributed by atoms with E-state index >= 15 is 0 Å². The number of amides is 1. The van der Waals surface area contributed by atoms with Crippen molar-refractivity contribution in [3.05, 3.63) is 108 Å². The van der Waals surface area contributed by atoms with Gasteiger partial charge in [0, 0.05) is 24.5 Å². The first-order valence-corrected chi connectivity index (χ1v) is 11.3. The molecule has 1 aliphatic rings. The van der Waals surface area contributed by atoms with Gasteiger partial charge in [-0.2, -0.15) is 0 Å². The molecule has 0 aliphatic carbocycles. The number of likely N-dealkylation sites (tertiary alicyclic amines) is 1. The number of carbonyl (C=O) groups is 2. The Morgan fingerprint density at radius 1 is 1.09 bits per heavy atom. The van der Waals surface area contributed by atoms with E-state index < -0.39 is 17.7 Å². The first-order chi connectivity index (χ1) is 17.0. The smallest absolute Gasteiger partial charge is 0.295 e. The minimum atomic E-state index is -0.830. The Kier molecular flexibility index (Phi) is 7.26. The number of aliphatic hydroxyl groups is 1. The Hall–Kier alpha value is -4.39. The van der Waals surface area contributed by atoms with Gasteiger partial charge in [0.1, 0.15) is 12.4 Å². The van der Waals surface area contributed by atoms with E-state index in [1.54, 1.807) is 67.0 Å². The van der Waals surface area contributed by atoms with Gasteiger partial charge in [-0.3, -0.25) is 14.6 Å². The number of ketones is 1. The summed E-state index contributed by atoms with van der Waals surface area (Å²) in [6, 6.07) is 16.7. The molecule has 0 bridgehead atoms. The minimum absolute atomic E-state index is 0.0206. The number of aromatic nitrogens is 1. The number of benzene rings is 2. The fourth-order valence-electron chi connectivity index (χ4n) is 4.06. The van der Waals surface area contributed by atoms with Crippen molar-refractivity contribution < 1.29 is 24.2 Å². The molecular formula is C28H26N2O5. The SMILES string of the molecule is C=CCOc1ccc(C2C(=C(O)c3ccccc3)C(=O)C(=O)N2Cc2cccnc2)cc1OCC. The Morgan fingerprint density at radius 2 is 1.89 bits per heavy atom. The number of nitrogens with zero attached hydrogens (tertiary/aromatic N) is 2. The van der Waals surface area contributed by atoms with E-state index in [0.29, 0.717) is 35.8 Å². The van der Waals surface area contributed by atoms with Crippen LogP contribution in [-0.2, 0) is 16.1 Å². The molecule has 7 nitrogen and oxygen atoms in total. The van der Waals surface area contributed by atoms with Crippen LogP contribution in [0.3, 0.4) is 0 Å². The van der Waals surface area contributed by atoms with Crippen LogP contribution in [0.15, 0.2) is 91.3 Å². The topological polar surface area (TPSA) is 89.0 Å². The zero-order chi connectivity index (χ0) is 24.8. The van der Waals surface area contributed by atoms with Gasteiger partial charge >= 0.3 is 0 Å². The maximum atomic E-state index is 13.2. The third-order valence-corrected chi connectivity index (χ3v) is 5.60. The highest BCUT2D eigenvalue weighted by Crippen LogP contribution is 2.42. The first kappa shape index (κ1) is 23.8. The van der Waals surface area contributed by atoms with E-state index in [2.05, 4.69) is 11.6 Å². The van der Waals surface area contributed by atoms with Crippen LogP contribution >= 0.6 is 0 Å². The van der Waals surface area contributed by atoms with Crippen LogP contribution in [0.4, 0.5) is 0 Å². The first-order valence-electron chi connectivity index (χ1n) is 11.3. The van der Waals surface area contributed by atoms with E-state index in [-0.39, 0.29) is 17.9 Å². The van der Waals surface area contributed by atoms with Gasteiger partial charge in [-0.1, -0.05) is 55.1 Å². The molecule has 1 fully saturated rings. The number of aliphatic hydroxyl groups excluding tert-OH is 1. The van der Waals surface area contributed by atoms with Crippen LogP contribution < -0.4 is 9.47 Å². The number of rotatable bonds is 9. The molecule has 0 radical (unpaired) electrons. The third-order valence-electron chi connectivity index (χ3n) is 5.60. The van der Waals surface area contributed by atoms with Gasteiger partial charge in [-0.15, -0.1) is 0 Å². The van der Waals surface area contributed by atoms with Crippen molar-refractivity contribution in [2.24, 2.45) is 0 Å². The average molecular weight is 471 g/mol. The normalized spacial score (nSPS) is 16.8. The molecule has 1 unspecified atom stereocenters. The molecule has 1 saturated heterocycles. The van der Waals surface area contributed by atoms with Gasteiger partial charge in [0.05, 0.1) is 18.2 Å². The monoisotopic (exact) mass is 470 g/mol. The predicted molar refractivity (Wildman–Crippen MR) is 132 cm³/mol. The lowest BCUT2D eigenvalue weighted by molar-refractivity contribution is -0.140. The van der Waals surface area contributed by atoms with Crippen molar-refractivity contribution in [3.8, 4) is 11.5 Å². The molecule has 1 N–H and O–H groups in total. The lowest BCUT2D eigenvalue weighted by Gasteiger charge is -2.26. The van der Waals surface area contributed by atoms with Gasteiger partial charge in [0.2, 0.25) is 0 Å². The van der Waals surface area contributed by atoms with Crippen LogP contribution in [0.2, 0.25) is 0 Å². The molecule has 1 aliphatic heterocycles. The third kappa shape index (κ3) is 4.94. The largest absolute Gasteiger partial charge is 0.507 e. The van der Waals surface area contributed by atoms with Crippen LogP contribution in [0, 0.1) is 0 Å². The Labute approximate surface area is 203 Å². The van der Waals surface area contributed by atoms with Gasteiger partial charge in [-0.05, 0) is 36.2 Å². The van der Waals surface area contributed by atoms with Crippen molar-refractivity contribution in [1.82, 2.24) is 9.88 Å². The lowest BCUT2D eigenvalue weighted by Crippen LogP contribution is -2.29. The molecule has 0 saturated carbocycles. The summed E-state index contributed by atoms with van der Waals surface area (Å²) in [5.41, 5.74) is 1.84. The zero-order valence-electron chi connectivity index (χ0n) is 19.4. The van der Waals surface area contributed by atoms with Crippen LogP contribution in [0.1, 0.15) is 29.7 Å². The molecule has 178 valence electrons. The molecule has 7 heteroatoms. The summed E-state index contributed by atoms with van der Waals surface area (Å²) in [4.78, 5) is 32.0. The van der Waals surface area contributed by atoms with Gasteiger partial charge < -0.3 is 19.5 Å². The quantitative estimate of drug-likeness (QED) is 0.212. The molecule has 1 atom stereocenters. The van der Waals surface area contributed by atoms with Crippen LogP contribution in [-0.4, -0.2) is 39.9 Å². The number of hydrogen-bond donors (Lipinski definition) is 1. The van der Waals surface area contributed by atoms with Crippen LogP contribution in [0.25, 0.3) is 5.76 Å². The van der Waals surface area contributed by atoms with Gasteiger partial charge in [-0.25, -0.2) is 0 Å². The highest BCUT2D eigenvalue weighted by Gasteiger charge is 2.46. The summed E-state index contributed by atoms with van der Waals surface area (Å²) in [7, 11) is 0. The summed E-state index contributed by atoms with van der Waals surface area (Å²) >= 11 is 0. The molecule has 1 aromatic heterocycles. The zero-order valence-corrected chi connectivity index (χ0v) is 19.4. The molecule has 35 heavy (non-hydrogen) atoms. The second-order valence-electron chi connectivity index (χ2n) is 7.89. The molecule has 2 heterocycles. The fraction of sp³-hybridized carbons (Fsp3) is 0.179. The number of ether oxygens (including phenoxy) is 2. The van der Waals surface area contributed by atoms with Crippen molar-refractivity contribution in [3.63, 3.8) is 0 Å². The van der Waals surface area contributed by atoms with E-state index in [4.69, 9.17) is 9.47 Å². The molecule has 0 spiro atoms. The number of pyridine rings is 1. The van der Waals surface area contributed by atoms with Gasteiger partial charge in [0.15, 0.2) is 11.5 Å². The van der Waals surface area contributed by atoms with Gasteiger partial charge in [0.25, 0.3) is 11.7 Å². The Morgan fingerprint density at radius 3 is 2.57 bits per heavy atom. The molecule has 4 rings (SSSR count). The number of hydrogen-bond acceptors (Lipinski definition) is 6. The van der Waals surface area contributed by atoms with E-state index in [9.17, 15) is 14.7 Å². The van der Waals surface area contributed by atoms with E-state index in [1.807, 2.05) is 19.1 Å². The number of carbonyl (C=O) groups excluding carboxylic acids is 2. The minimum Gasteiger partial charge on any atom is -0.507 e. The number of Topliss-reactive ketones (excluding diaryl/α,β-unsaturated/α-hetero) is 1. The van der Waals surface area contributed by atoms with Crippen molar-refractivity contribution in [1.29, 1.82) is 0 Å². The predicted octanol–water partition coefficient (Wildman–Crippen LogP) is 4.67. The summed E-state index contributed by atoms with van der Waals surface area (Å²) in [6.45, 7) is 6.37. The maximum absolute atomic E-state index is 13.2. The Balaban J connectivity index is 1.86. The lowest BCUT2D eigenvalue weighted by atomic mass is 9.95. The molecule has 2 aromatic carbocycles. The molecule has 1 amide bonds. The Bertz CT molecular complexity index is 1250. The fourth-order valence-corrected chi connectivity index (χ4v) is 4.06. The highest BCUT2D eigenvalue weighted by atomic mass is 16.5. The summed E-state index contributed by atoms with van der Waals surface area (Å²) in [5, 5.41) is 11.2. The van der Waals surface area contributed by atoms with Crippen LogP contribution in [0.5, 0.6) is 11.5 Å². The van der Waals surface area contributed by atoms with E-state index in [0.717, 1.165) is 5.56 Å². The van der Waals surface area contributed by atoms with Crippen molar-refractivity contribution >= 4 is 17.4 Å². The molecular weight excluding hydrogens is 444 g/mol. The summed E-state index contributed by atoms with van der Waals surface area (Å²) in [5.74, 6) is -0.680. The molecule has 3 aromatic rings.